The summed E-state index contributed by atoms with van der Waals surface area (Å²) in [5.74, 6) is -0.382. The van der Waals surface area contributed by atoms with Gasteiger partial charge in [0.15, 0.2) is 0 Å². The molecule has 2 amide bonds. The maximum atomic E-state index is 14.5. The number of rotatable bonds is 2. The normalized spacial score (nSPS) is 24.0. The maximum absolute atomic E-state index is 14.5. The molecule has 1 aromatic rings. The lowest BCUT2D eigenvalue weighted by atomic mass is 9.87. The first kappa shape index (κ1) is 16.3. The highest BCUT2D eigenvalue weighted by atomic mass is 19.1. The van der Waals surface area contributed by atoms with Crippen LogP contribution in [-0.2, 0) is 11.3 Å². The zero-order valence-electron chi connectivity index (χ0n) is 14.5. The van der Waals surface area contributed by atoms with Gasteiger partial charge in [0.1, 0.15) is 11.9 Å². The van der Waals surface area contributed by atoms with Gasteiger partial charge in [-0.15, -0.1) is 0 Å². The molecule has 25 heavy (non-hydrogen) atoms. The van der Waals surface area contributed by atoms with Crippen LogP contribution in [-0.4, -0.2) is 22.8 Å². The Morgan fingerprint density at radius 1 is 1.24 bits per heavy atom. The zero-order chi connectivity index (χ0) is 17.7. The number of allylic oxidation sites excluding steroid dienone is 1. The fourth-order valence-electron chi connectivity index (χ4n) is 4.66. The number of hydrogen-bond acceptors (Lipinski definition) is 2. The summed E-state index contributed by atoms with van der Waals surface area (Å²) in [7, 11) is 0. The Hall–Kier alpha value is -2.17. The molecule has 5 heteroatoms. The number of benzene rings is 1. The Kier molecular flexibility index (Phi) is 3.89. The molecule has 2 aliphatic heterocycles. The molecule has 1 N–H and O–H groups in total. The van der Waals surface area contributed by atoms with Crippen molar-refractivity contribution in [1.29, 1.82) is 0 Å². The van der Waals surface area contributed by atoms with Crippen molar-refractivity contribution in [2.24, 2.45) is 0 Å². The van der Waals surface area contributed by atoms with E-state index >= 15 is 0 Å². The third kappa shape index (κ3) is 2.57. The predicted octanol–water partition coefficient (Wildman–Crippen LogP) is 3.54. The standard InChI is InChI=1S/C20H23FN2O2/c1-11-7-8-17(19(24)22-11)23-10-15-14(20(23)25)9-16(21)12(2)18(15)13-5-3-4-6-13/h9,13,17H,1,3-8,10H2,2H3,(H,22,24). The van der Waals surface area contributed by atoms with E-state index in [9.17, 15) is 14.0 Å². The molecule has 0 bridgehead atoms. The Morgan fingerprint density at radius 2 is 1.96 bits per heavy atom. The molecule has 4 nitrogen and oxygen atoms in total. The number of hydrogen-bond donors (Lipinski definition) is 1. The van der Waals surface area contributed by atoms with Gasteiger partial charge in [0, 0.05) is 17.8 Å². The van der Waals surface area contributed by atoms with Crippen LogP contribution in [0.5, 0.6) is 0 Å². The number of carbonyl (C=O) groups is 2. The van der Waals surface area contributed by atoms with Crippen LogP contribution >= 0.6 is 0 Å². The van der Waals surface area contributed by atoms with E-state index in [1.807, 2.05) is 6.92 Å². The van der Waals surface area contributed by atoms with Crippen molar-refractivity contribution in [3.05, 3.63) is 46.4 Å². The number of nitrogens with zero attached hydrogens (tertiary/aromatic N) is 1. The number of piperidine rings is 1. The van der Waals surface area contributed by atoms with Gasteiger partial charge in [-0.2, -0.15) is 0 Å². The van der Waals surface area contributed by atoms with Gasteiger partial charge in [-0.25, -0.2) is 4.39 Å². The van der Waals surface area contributed by atoms with E-state index in [2.05, 4.69) is 11.9 Å². The summed E-state index contributed by atoms with van der Waals surface area (Å²) in [6.07, 6.45) is 5.65. The highest BCUT2D eigenvalue weighted by Crippen LogP contribution is 2.42. The van der Waals surface area contributed by atoms with Crippen molar-refractivity contribution >= 4 is 11.8 Å². The van der Waals surface area contributed by atoms with Crippen LogP contribution < -0.4 is 5.32 Å². The summed E-state index contributed by atoms with van der Waals surface area (Å²) in [6.45, 7) is 6.01. The third-order valence-corrected chi connectivity index (χ3v) is 5.97. The van der Waals surface area contributed by atoms with Gasteiger partial charge in [0.25, 0.3) is 5.91 Å². The van der Waals surface area contributed by atoms with Crippen molar-refractivity contribution < 1.29 is 14.0 Å². The molecule has 0 aromatic heterocycles. The van der Waals surface area contributed by atoms with Crippen LogP contribution in [0.15, 0.2) is 18.3 Å². The minimum atomic E-state index is -0.495. The summed E-state index contributed by atoms with van der Waals surface area (Å²) < 4.78 is 14.5. The van der Waals surface area contributed by atoms with Gasteiger partial charge in [-0.1, -0.05) is 19.4 Å². The molecule has 1 saturated heterocycles. The van der Waals surface area contributed by atoms with E-state index in [4.69, 9.17) is 0 Å². The molecule has 1 aromatic carbocycles. The Labute approximate surface area is 147 Å². The molecule has 1 saturated carbocycles. The summed E-state index contributed by atoms with van der Waals surface area (Å²) in [6, 6.07) is 0.871. The molecule has 1 aliphatic carbocycles. The molecular weight excluding hydrogens is 319 g/mol. The SMILES string of the molecule is C=C1CCC(N2Cc3c(cc(F)c(C)c3C3CCCC3)C2=O)C(=O)N1. The average Bonchev–Trinajstić information content (AvgIpc) is 3.19. The summed E-state index contributed by atoms with van der Waals surface area (Å²) in [4.78, 5) is 26.8. The molecule has 2 fully saturated rings. The first-order valence-electron chi connectivity index (χ1n) is 9.09. The van der Waals surface area contributed by atoms with Crippen LogP contribution in [0.2, 0.25) is 0 Å². The molecule has 4 rings (SSSR count). The van der Waals surface area contributed by atoms with Gasteiger partial charge in [-0.05, 0) is 61.3 Å². The quantitative estimate of drug-likeness (QED) is 0.894. The van der Waals surface area contributed by atoms with Crippen molar-refractivity contribution in [1.82, 2.24) is 10.2 Å². The van der Waals surface area contributed by atoms with Crippen molar-refractivity contribution in [3.63, 3.8) is 0 Å². The zero-order valence-corrected chi connectivity index (χ0v) is 14.5. The monoisotopic (exact) mass is 342 g/mol. The van der Waals surface area contributed by atoms with Gasteiger partial charge in [0.05, 0.1) is 0 Å². The topological polar surface area (TPSA) is 49.4 Å². The van der Waals surface area contributed by atoms with Crippen molar-refractivity contribution in [2.45, 2.75) is 64.0 Å². The van der Waals surface area contributed by atoms with Crippen molar-refractivity contribution in [3.8, 4) is 0 Å². The van der Waals surface area contributed by atoms with E-state index < -0.39 is 6.04 Å². The van der Waals surface area contributed by atoms with E-state index in [-0.39, 0.29) is 17.6 Å². The van der Waals surface area contributed by atoms with E-state index in [1.54, 1.807) is 4.90 Å². The lowest BCUT2D eigenvalue weighted by Gasteiger charge is -2.31. The van der Waals surface area contributed by atoms with Crippen LogP contribution in [0.1, 0.15) is 71.5 Å². The molecule has 0 radical (unpaired) electrons. The van der Waals surface area contributed by atoms with Gasteiger partial charge in [-0.3, -0.25) is 9.59 Å². The van der Waals surface area contributed by atoms with Gasteiger partial charge in [0.2, 0.25) is 5.91 Å². The second-order valence-corrected chi connectivity index (χ2v) is 7.48. The molecular formula is C20H23FN2O2. The van der Waals surface area contributed by atoms with E-state index in [1.165, 1.54) is 6.07 Å². The van der Waals surface area contributed by atoms with E-state index in [0.29, 0.717) is 42.1 Å². The number of halogens is 1. The summed E-state index contributed by atoms with van der Waals surface area (Å²) in [5, 5.41) is 2.74. The molecule has 1 atom stereocenters. The molecule has 132 valence electrons. The third-order valence-electron chi connectivity index (χ3n) is 5.97. The van der Waals surface area contributed by atoms with Crippen LogP contribution in [0, 0.1) is 12.7 Å². The number of amides is 2. The Bertz CT molecular complexity index is 780. The van der Waals surface area contributed by atoms with Gasteiger partial charge >= 0.3 is 0 Å². The first-order chi connectivity index (χ1) is 12.0. The summed E-state index contributed by atoms with van der Waals surface area (Å²) in [5.41, 5.74) is 3.76. The second-order valence-electron chi connectivity index (χ2n) is 7.48. The fraction of sp³-hybridized carbons (Fsp3) is 0.500. The van der Waals surface area contributed by atoms with Crippen LogP contribution in [0.3, 0.4) is 0 Å². The fourth-order valence-corrected chi connectivity index (χ4v) is 4.66. The molecule has 2 heterocycles. The lowest BCUT2D eigenvalue weighted by Crippen LogP contribution is -2.49. The minimum absolute atomic E-state index is 0.183. The first-order valence-corrected chi connectivity index (χ1v) is 9.09. The largest absolute Gasteiger partial charge is 0.329 e. The Balaban J connectivity index is 1.72. The molecule has 1 unspecified atom stereocenters. The number of fused-ring (bicyclic) bond motifs is 1. The van der Waals surface area contributed by atoms with Crippen molar-refractivity contribution in [2.75, 3.05) is 0 Å². The molecule has 0 spiro atoms. The highest BCUT2D eigenvalue weighted by Gasteiger charge is 2.40. The second kappa shape index (κ2) is 5.97. The van der Waals surface area contributed by atoms with Gasteiger partial charge < -0.3 is 10.2 Å². The average molecular weight is 342 g/mol. The number of nitrogens with one attached hydrogen (secondary N) is 1. The molecule has 3 aliphatic rings. The van der Waals surface area contributed by atoms with Crippen LogP contribution in [0.4, 0.5) is 4.39 Å². The smallest absolute Gasteiger partial charge is 0.255 e. The van der Waals surface area contributed by atoms with Crippen LogP contribution in [0.25, 0.3) is 0 Å². The maximum Gasteiger partial charge on any atom is 0.255 e. The summed E-state index contributed by atoms with van der Waals surface area (Å²) >= 11 is 0. The number of carbonyl (C=O) groups excluding carboxylic acids is 2. The Morgan fingerprint density at radius 3 is 2.64 bits per heavy atom. The predicted molar refractivity (Wildman–Crippen MR) is 92.5 cm³/mol. The highest BCUT2D eigenvalue weighted by molar-refractivity contribution is 6.02. The lowest BCUT2D eigenvalue weighted by molar-refractivity contribution is -0.126. The van der Waals surface area contributed by atoms with E-state index in [0.717, 1.165) is 36.8 Å². The minimum Gasteiger partial charge on any atom is -0.329 e.